The lowest BCUT2D eigenvalue weighted by Gasteiger charge is -2.32. The third kappa shape index (κ3) is 2.88. The van der Waals surface area contributed by atoms with Crippen molar-refractivity contribution in [2.75, 3.05) is 26.3 Å². The van der Waals surface area contributed by atoms with Gasteiger partial charge in [-0.05, 0) is 32.1 Å². The molecule has 0 bridgehead atoms. The van der Waals surface area contributed by atoms with E-state index in [1.165, 1.54) is 19.3 Å². The summed E-state index contributed by atoms with van der Waals surface area (Å²) in [6, 6.07) is 0.313. The second-order valence-electron chi connectivity index (χ2n) is 4.85. The molecule has 4 heteroatoms. The third-order valence-electron chi connectivity index (χ3n) is 3.63. The Bertz CT molecular complexity index is 235. The standard InChI is InChI=1S/C12H22N2O2/c1-2-14(8-10-4-3-5-10)12(15)13-11-6-7-16-9-11/h10-11H,2-9H2,1H3,(H,13,15). The molecule has 4 nitrogen and oxygen atoms in total. The molecule has 0 aromatic carbocycles. The minimum atomic E-state index is 0.0879. The summed E-state index contributed by atoms with van der Waals surface area (Å²) in [4.78, 5) is 13.9. The summed E-state index contributed by atoms with van der Waals surface area (Å²) in [5.41, 5.74) is 0. The molecule has 1 saturated carbocycles. The maximum absolute atomic E-state index is 12.0. The number of rotatable bonds is 4. The molecule has 2 aliphatic rings. The van der Waals surface area contributed by atoms with Crippen LogP contribution in [-0.4, -0.2) is 43.3 Å². The zero-order chi connectivity index (χ0) is 11.4. The Balaban J connectivity index is 1.75. The number of amides is 2. The molecule has 0 aromatic rings. The molecule has 2 rings (SSSR count). The molecule has 1 heterocycles. The van der Waals surface area contributed by atoms with Gasteiger partial charge in [-0.1, -0.05) is 6.42 Å². The van der Waals surface area contributed by atoms with Crippen LogP contribution in [0.25, 0.3) is 0 Å². The molecule has 16 heavy (non-hydrogen) atoms. The normalized spacial score (nSPS) is 25.2. The van der Waals surface area contributed by atoms with Gasteiger partial charge in [0.15, 0.2) is 0 Å². The highest BCUT2D eigenvalue weighted by Crippen LogP contribution is 2.27. The molecule has 1 aliphatic heterocycles. The molecular formula is C12H22N2O2. The maximum Gasteiger partial charge on any atom is 0.317 e. The first-order valence-electron chi connectivity index (χ1n) is 6.42. The molecular weight excluding hydrogens is 204 g/mol. The van der Waals surface area contributed by atoms with Gasteiger partial charge in [-0.15, -0.1) is 0 Å². The molecule has 1 saturated heterocycles. The number of hydrogen-bond acceptors (Lipinski definition) is 2. The Morgan fingerprint density at radius 3 is 2.75 bits per heavy atom. The van der Waals surface area contributed by atoms with Crippen molar-refractivity contribution in [1.29, 1.82) is 0 Å². The van der Waals surface area contributed by atoms with Crippen molar-refractivity contribution in [3.63, 3.8) is 0 Å². The van der Waals surface area contributed by atoms with Crippen LogP contribution in [0.1, 0.15) is 32.6 Å². The van der Waals surface area contributed by atoms with Crippen LogP contribution in [0.15, 0.2) is 0 Å². The van der Waals surface area contributed by atoms with Crippen LogP contribution in [0.3, 0.4) is 0 Å². The predicted octanol–water partition coefficient (Wildman–Crippen LogP) is 1.61. The Hall–Kier alpha value is -0.770. The summed E-state index contributed by atoms with van der Waals surface area (Å²) >= 11 is 0. The van der Waals surface area contributed by atoms with Crippen molar-refractivity contribution in [3.05, 3.63) is 0 Å². The highest BCUT2D eigenvalue weighted by molar-refractivity contribution is 5.74. The van der Waals surface area contributed by atoms with Crippen LogP contribution in [0, 0.1) is 5.92 Å². The first kappa shape index (κ1) is 11.7. The number of carbonyl (C=O) groups excluding carboxylic acids is 1. The van der Waals surface area contributed by atoms with E-state index >= 15 is 0 Å². The van der Waals surface area contributed by atoms with Gasteiger partial charge in [0, 0.05) is 19.7 Å². The van der Waals surface area contributed by atoms with E-state index in [1.54, 1.807) is 0 Å². The fourth-order valence-electron chi connectivity index (χ4n) is 2.26. The van der Waals surface area contributed by atoms with Gasteiger partial charge < -0.3 is 15.0 Å². The number of ether oxygens (including phenoxy) is 1. The number of hydrogen-bond donors (Lipinski definition) is 1. The third-order valence-corrected chi connectivity index (χ3v) is 3.63. The van der Waals surface area contributed by atoms with Crippen LogP contribution >= 0.6 is 0 Å². The number of nitrogens with zero attached hydrogens (tertiary/aromatic N) is 1. The highest BCUT2D eigenvalue weighted by atomic mass is 16.5. The lowest BCUT2D eigenvalue weighted by atomic mass is 9.85. The van der Waals surface area contributed by atoms with Crippen molar-refractivity contribution < 1.29 is 9.53 Å². The molecule has 1 aliphatic carbocycles. The van der Waals surface area contributed by atoms with E-state index < -0.39 is 0 Å². The average molecular weight is 226 g/mol. The van der Waals surface area contributed by atoms with Gasteiger partial charge in [-0.25, -0.2) is 4.79 Å². The maximum atomic E-state index is 12.0. The topological polar surface area (TPSA) is 41.6 Å². The van der Waals surface area contributed by atoms with E-state index in [9.17, 15) is 4.79 Å². The first-order valence-corrected chi connectivity index (χ1v) is 6.42. The lowest BCUT2D eigenvalue weighted by molar-refractivity contribution is 0.162. The van der Waals surface area contributed by atoms with Crippen LogP contribution in [0.5, 0.6) is 0 Å². The zero-order valence-electron chi connectivity index (χ0n) is 10.1. The van der Waals surface area contributed by atoms with Crippen molar-refractivity contribution in [2.24, 2.45) is 5.92 Å². The van der Waals surface area contributed by atoms with Gasteiger partial charge in [0.2, 0.25) is 0 Å². The van der Waals surface area contributed by atoms with E-state index in [4.69, 9.17) is 4.74 Å². The van der Waals surface area contributed by atoms with Gasteiger partial charge >= 0.3 is 6.03 Å². The molecule has 92 valence electrons. The Morgan fingerprint density at radius 2 is 2.25 bits per heavy atom. The largest absolute Gasteiger partial charge is 0.379 e. The molecule has 0 aromatic heterocycles. The molecule has 2 fully saturated rings. The molecule has 0 spiro atoms. The molecule has 2 amide bonds. The summed E-state index contributed by atoms with van der Waals surface area (Å²) in [6.45, 7) is 5.22. The van der Waals surface area contributed by atoms with E-state index in [1.807, 2.05) is 11.8 Å². The van der Waals surface area contributed by atoms with Crippen LogP contribution in [0.4, 0.5) is 4.79 Å². The number of nitrogens with one attached hydrogen (secondary N) is 1. The quantitative estimate of drug-likeness (QED) is 0.791. The zero-order valence-corrected chi connectivity index (χ0v) is 10.1. The fraction of sp³-hybridized carbons (Fsp3) is 0.917. The lowest BCUT2D eigenvalue weighted by Crippen LogP contribution is -2.47. The Labute approximate surface area is 97.3 Å². The first-order chi connectivity index (χ1) is 7.79. The Kier molecular flexibility index (Phi) is 4.04. The van der Waals surface area contributed by atoms with Crippen molar-refractivity contribution in [2.45, 2.75) is 38.6 Å². The fourth-order valence-corrected chi connectivity index (χ4v) is 2.26. The number of urea groups is 1. The SMILES string of the molecule is CCN(CC1CCC1)C(=O)NC1CCOC1. The second-order valence-corrected chi connectivity index (χ2v) is 4.85. The van der Waals surface area contributed by atoms with E-state index in [0.29, 0.717) is 6.61 Å². The van der Waals surface area contributed by atoms with E-state index in [-0.39, 0.29) is 12.1 Å². The molecule has 1 N–H and O–H groups in total. The van der Waals surface area contributed by atoms with Crippen molar-refractivity contribution in [1.82, 2.24) is 10.2 Å². The number of carbonyl (C=O) groups is 1. The predicted molar refractivity (Wildman–Crippen MR) is 62.3 cm³/mol. The molecule has 1 unspecified atom stereocenters. The second kappa shape index (κ2) is 5.53. The minimum absolute atomic E-state index is 0.0879. The van der Waals surface area contributed by atoms with Crippen LogP contribution in [0.2, 0.25) is 0 Å². The van der Waals surface area contributed by atoms with Gasteiger partial charge in [0.1, 0.15) is 0 Å². The van der Waals surface area contributed by atoms with Crippen molar-refractivity contribution in [3.8, 4) is 0 Å². The summed E-state index contributed by atoms with van der Waals surface area (Å²) in [6.07, 6.45) is 4.86. The monoisotopic (exact) mass is 226 g/mol. The van der Waals surface area contributed by atoms with Gasteiger partial charge in [0.05, 0.1) is 12.6 Å². The summed E-state index contributed by atoms with van der Waals surface area (Å²) in [5, 5.41) is 3.05. The minimum Gasteiger partial charge on any atom is -0.379 e. The summed E-state index contributed by atoms with van der Waals surface area (Å²) in [7, 11) is 0. The molecule has 1 atom stereocenters. The van der Waals surface area contributed by atoms with Crippen LogP contribution in [-0.2, 0) is 4.74 Å². The van der Waals surface area contributed by atoms with Gasteiger partial charge in [0.25, 0.3) is 0 Å². The highest BCUT2D eigenvalue weighted by Gasteiger charge is 2.25. The molecule has 0 radical (unpaired) electrons. The van der Waals surface area contributed by atoms with Gasteiger partial charge in [-0.3, -0.25) is 0 Å². The smallest absolute Gasteiger partial charge is 0.317 e. The Morgan fingerprint density at radius 1 is 1.44 bits per heavy atom. The van der Waals surface area contributed by atoms with E-state index in [0.717, 1.165) is 32.0 Å². The summed E-state index contributed by atoms with van der Waals surface area (Å²) in [5.74, 6) is 0.741. The van der Waals surface area contributed by atoms with Crippen molar-refractivity contribution >= 4 is 6.03 Å². The van der Waals surface area contributed by atoms with Gasteiger partial charge in [-0.2, -0.15) is 0 Å². The van der Waals surface area contributed by atoms with Crippen LogP contribution < -0.4 is 5.32 Å². The summed E-state index contributed by atoms with van der Waals surface area (Å²) < 4.78 is 5.25. The van der Waals surface area contributed by atoms with E-state index in [2.05, 4.69) is 5.32 Å². The average Bonchev–Trinajstić information content (AvgIpc) is 2.69.